The van der Waals surface area contributed by atoms with E-state index in [0.29, 0.717) is 0 Å². The molecule has 0 unspecified atom stereocenters. The molecule has 1 aromatic heterocycles. The van der Waals surface area contributed by atoms with Crippen molar-refractivity contribution in [3.63, 3.8) is 0 Å². The van der Waals surface area contributed by atoms with Crippen molar-refractivity contribution < 1.29 is 4.79 Å². The number of hydrogen-bond acceptors (Lipinski definition) is 5. The SMILES string of the molecule is O=C(/C=C/C1=C(Sc2nc3ccccc3s2)C(=C/N2CCCCC2)/CC1)c1ccc2ccccc2c1. The van der Waals surface area contributed by atoms with Gasteiger partial charge < -0.3 is 4.90 Å². The second-order valence-corrected chi connectivity index (χ2v) is 11.7. The summed E-state index contributed by atoms with van der Waals surface area (Å²) in [6.45, 7) is 2.27. The molecule has 0 bridgehead atoms. The molecule has 6 rings (SSSR count). The molecule has 0 amide bonds. The van der Waals surface area contributed by atoms with Gasteiger partial charge in [0.05, 0.1) is 10.2 Å². The molecule has 1 fully saturated rings. The zero-order valence-electron chi connectivity index (χ0n) is 20.2. The molecule has 1 aliphatic carbocycles. The lowest BCUT2D eigenvalue weighted by atomic mass is 10.0. The van der Waals surface area contributed by atoms with Crippen molar-refractivity contribution in [1.29, 1.82) is 0 Å². The quantitative estimate of drug-likeness (QED) is 0.193. The Morgan fingerprint density at radius 3 is 2.58 bits per heavy atom. The first-order valence-corrected chi connectivity index (χ1v) is 14.3. The van der Waals surface area contributed by atoms with E-state index in [1.54, 1.807) is 29.2 Å². The topological polar surface area (TPSA) is 33.2 Å². The van der Waals surface area contributed by atoms with Crippen LogP contribution in [0.2, 0.25) is 0 Å². The monoisotopic (exact) mass is 508 g/mol. The van der Waals surface area contributed by atoms with Crippen molar-refractivity contribution in [2.24, 2.45) is 0 Å². The van der Waals surface area contributed by atoms with Gasteiger partial charge in [0.2, 0.25) is 0 Å². The molecular weight excluding hydrogens is 480 g/mol. The molecule has 0 atom stereocenters. The maximum atomic E-state index is 13.1. The Hall–Kier alpha value is -3.15. The highest BCUT2D eigenvalue weighted by Crippen LogP contribution is 2.45. The van der Waals surface area contributed by atoms with Gasteiger partial charge in [0, 0.05) is 29.8 Å². The van der Waals surface area contributed by atoms with Crippen LogP contribution in [0.25, 0.3) is 21.0 Å². The van der Waals surface area contributed by atoms with Crippen LogP contribution in [0, 0.1) is 0 Å². The summed E-state index contributed by atoms with van der Waals surface area (Å²) in [6, 6.07) is 22.4. The lowest BCUT2D eigenvalue weighted by molar-refractivity contribution is 0.104. The van der Waals surface area contributed by atoms with Gasteiger partial charge in [0.25, 0.3) is 0 Å². The number of fused-ring (bicyclic) bond motifs is 2. The number of likely N-dealkylation sites (tertiary alicyclic amines) is 1. The highest BCUT2D eigenvalue weighted by Gasteiger charge is 2.22. The summed E-state index contributed by atoms with van der Waals surface area (Å²) < 4.78 is 2.27. The molecule has 0 saturated carbocycles. The van der Waals surface area contributed by atoms with Gasteiger partial charge in [-0.3, -0.25) is 4.79 Å². The summed E-state index contributed by atoms with van der Waals surface area (Å²) in [6.07, 6.45) is 12.0. The fourth-order valence-corrected chi connectivity index (χ4v) is 7.27. The van der Waals surface area contributed by atoms with Crippen LogP contribution >= 0.6 is 23.1 Å². The number of nitrogens with zero attached hydrogens (tertiary/aromatic N) is 2. The van der Waals surface area contributed by atoms with Crippen LogP contribution in [-0.2, 0) is 0 Å². The van der Waals surface area contributed by atoms with Crippen LogP contribution < -0.4 is 0 Å². The highest BCUT2D eigenvalue weighted by molar-refractivity contribution is 8.05. The zero-order chi connectivity index (χ0) is 24.3. The summed E-state index contributed by atoms with van der Waals surface area (Å²) in [5.74, 6) is 0.0473. The average molecular weight is 509 g/mol. The largest absolute Gasteiger partial charge is 0.377 e. The highest BCUT2D eigenvalue weighted by atomic mass is 32.2. The van der Waals surface area contributed by atoms with E-state index in [1.165, 1.54) is 40.0 Å². The zero-order valence-corrected chi connectivity index (χ0v) is 21.8. The molecule has 180 valence electrons. The molecule has 1 aliphatic heterocycles. The van der Waals surface area contributed by atoms with E-state index >= 15 is 0 Å². The summed E-state index contributed by atoms with van der Waals surface area (Å²) >= 11 is 3.50. The Balaban J connectivity index is 1.31. The lowest BCUT2D eigenvalue weighted by Gasteiger charge is -2.26. The fourth-order valence-electron chi connectivity index (χ4n) is 4.98. The Morgan fingerprint density at radius 1 is 0.917 bits per heavy atom. The molecule has 36 heavy (non-hydrogen) atoms. The number of allylic oxidation sites excluding steroid dienone is 4. The second-order valence-electron chi connectivity index (χ2n) is 9.41. The van der Waals surface area contributed by atoms with Crippen molar-refractivity contribution in [2.75, 3.05) is 13.1 Å². The maximum Gasteiger partial charge on any atom is 0.185 e. The summed E-state index contributed by atoms with van der Waals surface area (Å²) in [7, 11) is 0. The first kappa shape index (κ1) is 23.3. The van der Waals surface area contributed by atoms with Gasteiger partial charge in [-0.1, -0.05) is 66.4 Å². The molecule has 2 aliphatic rings. The first-order valence-electron chi connectivity index (χ1n) is 12.7. The molecule has 3 nitrogen and oxygen atoms in total. The molecule has 3 aromatic carbocycles. The Bertz CT molecular complexity index is 1490. The van der Waals surface area contributed by atoms with E-state index in [9.17, 15) is 4.79 Å². The number of piperidine rings is 1. The van der Waals surface area contributed by atoms with Crippen molar-refractivity contribution in [2.45, 2.75) is 36.4 Å². The minimum atomic E-state index is 0.0473. The van der Waals surface area contributed by atoms with Crippen molar-refractivity contribution >= 4 is 49.9 Å². The van der Waals surface area contributed by atoms with Gasteiger partial charge in [0.1, 0.15) is 0 Å². The number of hydrogen-bond donors (Lipinski definition) is 0. The molecule has 0 N–H and O–H groups in total. The van der Waals surface area contributed by atoms with Crippen LogP contribution in [0.15, 0.2) is 105 Å². The number of ketones is 1. The van der Waals surface area contributed by atoms with E-state index in [0.717, 1.165) is 52.1 Å². The van der Waals surface area contributed by atoms with Crippen LogP contribution in [-0.4, -0.2) is 28.8 Å². The first-order chi connectivity index (χ1) is 17.7. The molecule has 2 heterocycles. The molecule has 4 aromatic rings. The number of rotatable bonds is 6. The van der Waals surface area contributed by atoms with E-state index in [2.05, 4.69) is 41.4 Å². The van der Waals surface area contributed by atoms with Gasteiger partial charge in [-0.2, -0.15) is 0 Å². The minimum absolute atomic E-state index is 0.0473. The van der Waals surface area contributed by atoms with Gasteiger partial charge >= 0.3 is 0 Å². The second kappa shape index (κ2) is 10.5. The number of aromatic nitrogens is 1. The molecule has 0 spiro atoms. The van der Waals surface area contributed by atoms with Crippen LogP contribution in [0.3, 0.4) is 0 Å². The lowest BCUT2D eigenvalue weighted by Crippen LogP contribution is -2.24. The third-order valence-electron chi connectivity index (χ3n) is 6.91. The number of para-hydroxylation sites is 1. The normalized spacial score (nSPS) is 17.8. The van der Waals surface area contributed by atoms with E-state index in [4.69, 9.17) is 4.98 Å². The van der Waals surface area contributed by atoms with Crippen molar-refractivity contribution in [3.05, 3.63) is 107 Å². The summed E-state index contributed by atoms with van der Waals surface area (Å²) in [4.78, 5) is 21.7. The van der Waals surface area contributed by atoms with Gasteiger partial charge in [0.15, 0.2) is 10.1 Å². The summed E-state index contributed by atoms with van der Waals surface area (Å²) in [5, 5.41) is 2.24. The number of thiazole rings is 1. The predicted octanol–water partition coefficient (Wildman–Crippen LogP) is 8.40. The van der Waals surface area contributed by atoms with Gasteiger partial charge in [-0.25, -0.2) is 4.98 Å². The smallest absolute Gasteiger partial charge is 0.185 e. The third kappa shape index (κ3) is 5.04. The average Bonchev–Trinajstić information content (AvgIpc) is 3.51. The van der Waals surface area contributed by atoms with E-state index < -0.39 is 0 Å². The molecule has 5 heteroatoms. The van der Waals surface area contributed by atoms with Gasteiger partial charge in [-0.15, -0.1) is 11.3 Å². The predicted molar refractivity (Wildman–Crippen MR) is 153 cm³/mol. The van der Waals surface area contributed by atoms with Crippen LogP contribution in [0.5, 0.6) is 0 Å². The molecule has 1 saturated heterocycles. The number of benzene rings is 3. The van der Waals surface area contributed by atoms with E-state index in [1.807, 2.05) is 42.5 Å². The maximum absolute atomic E-state index is 13.1. The fraction of sp³-hybridized carbons (Fsp3) is 0.226. The molecular formula is C31H28N2OS2. The Morgan fingerprint density at radius 2 is 1.72 bits per heavy atom. The van der Waals surface area contributed by atoms with Crippen LogP contribution in [0.1, 0.15) is 42.5 Å². The number of carbonyl (C=O) groups excluding carboxylic acids is 1. The molecule has 0 radical (unpaired) electrons. The standard InChI is InChI=1S/C31H28N2OS2/c34-28(25-14-12-22-8-2-3-9-24(22)20-25)17-16-23-13-15-26(21-33-18-6-1-7-19-33)30(23)36-31-32-27-10-4-5-11-29(27)35-31/h2-5,8-12,14,16-17,20-21H,1,6-7,13,15,18-19H2/b17-16+,26-21+. The Kier molecular flexibility index (Phi) is 6.75. The van der Waals surface area contributed by atoms with Crippen molar-refractivity contribution in [3.8, 4) is 0 Å². The van der Waals surface area contributed by atoms with Gasteiger partial charge in [-0.05, 0) is 78.3 Å². The minimum Gasteiger partial charge on any atom is -0.377 e. The van der Waals surface area contributed by atoms with Crippen molar-refractivity contribution in [1.82, 2.24) is 9.88 Å². The van der Waals surface area contributed by atoms with E-state index in [-0.39, 0.29) is 5.78 Å². The summed E-state index contributed by atoms with van der Waals surface area (Å²) in [5.41, 5.74) is 4.39. The number of thioether (sulfide) groups is 1. The third-order valence-corrected chi connectivity index (χ3v) is 9.24. The van der Waals surface area contributed by atoms with Crippen LogP contribution in [0.4, 0.5) is 0 Å². The number of carbonyl (C=O) groups is 1. The Labute approximate surface area is 220 Å².